The van der Waals surface area contributed by atoms with Crippen LogP contribution in [0.1, 0.15) is 18.6 Å². The second kappa shape index (κ2) is 8.99. The van der Waals surface area contributed by atoms with Crippen LogP contribution in [0.4, 0.5) is 0 Å². The first-order valence-corrected chi connectivity index (χ1v) is 26.2. The van der Waals surface area contributed by atoms with Crippen molar-refractivity contribution in [3.63, 3.8) is 0 Å². The molecule has 0 aliphatic heterocycles. The van der Waals surface area contributed by atoms with E-state index < -0.39 is 41.1 Å². The Hall–Kier alpha value is 0.588. The van der Waals surface area contributed by atoms with E-state index in [1.54, 1.807) is 6.07 Å². The van der Waals surface area contributed by atoms with Crippen molar-refractivity contribution < 1.29 is 9.22 Å². The molecule has 0 saturated carbocycles. The summed E-state index contributed by atoms with van der Waals surface area (Å²) in [6.07, 6.45) is -0.521. The summed E-state index contributed by atoms with van der Waals surface area (Å²) in [5.74, 6) is -0.0904. The molecule has 28 heavy (non-hydrogen) atoms. The van der Waals surface area contributed by atoms with Crippen molar-refractivity contribution in [1.29, 1.82) is 0 Å². The number of hydrogen-bond donors (Lipinski definition) is 0. The fraction of sp³-hybridized carbons (Fsp3) is 0.632. The summed E-state index contributed by atoms with van der Waals surface area (Å²) < 4.78 is 7.30. The van der Waals surface area contributed by atoms with Gasteiger partial charge in [-0.05, 0) is 30.7 Å². The van der Waals surface area contributed by atoms with Gasteiger partial charge in [-0.25, -0.2) is 0 Å². The maximum atomic E-state index is 12.3. The number of carbonyl (C=O) groups is 1. The highest BCUT2D eigenvalue weighted by atomic mass is 35.5. The zero-order chi connectivity index (χ0) is 22.3. The highest BCUT2D eigenvalue weighted by molar-refractivity contribution is 7.87. The summed E-state index contributed by atoms with van der Waals surface area (Å²) in [5.41, 5.74) is 0.805. The molecule has 0 aliphatic carbocycles. The zero-order valence-electron chi connectivity index (χ0n) is 18.8. The Morgan fingerprint density at radius 3 is 1.46 bits per heavy atom. The predicted molar refractivity (Wildman–Crippen MR) is 136 cm³/mol. The van der Waals surface area contributed by atoms with E-state index >= 15 is 0 Å². The Balaban J connectivity index is 3.79. The van der Waals surface area contributed by atoms with Gasteiger partial charge in [0.05, 0.1) is 28.9 Å². The van der Waals surface area contributed by atoms with Crippen LogP contribution < -0.4 is 0 Å². The van der Waals surface area contributed by atoms with Crippen LogP contribution in [0.25, 0.3) is 0 Å². The molecular formula is C19H35Cl3O2Si4. The highest BCUT2D eigenvalue weighted by Crippen LogP contribution is 2.43. The van der Waals surface area contributed by atoms with Crippen LogP contribution in [0.15, 0.2) is 18.2 Å². The van der Waals surface area contributed by atoms with Gasteiger partial charge in [-0.1, -0.05) is 82.1 Å². The average Bonchev–Trinajstić information content (AvgIpc) is 2.41. The Labute approximate surface area is 189 Å². The van der Waals surface area contributed by atoms with E-state index in [0.717, 1.165) is 5.56 Å². The molecule has 0 saturated heterocycles. The van der Waals surface area contributed by atoms with Crippen molar-refractivity contribution in [3.8, 4) is 0 Å². The van der Waals surface area contributed by atoms with E-state index in [0.29, 0.717) is 10.0 Å². The number of ketones is 1. The number of carbonyl (C=O) groups excluding carboxylic acids is 1. The molecule has 160 valence electrons. The van der Waals surface area contributed by atoms with Crippen LogP contribution in [0.5, 0.6) is 0 Å². The molecule has 2 nitrogen and oxygen atoms in total. The van der Waals surface area contributed by atoms with Gasteiger partial charge in [-0.15, -0.1) is 11.6 Å². The van der Waals surface area contributed by atoms with Crippen LogP contribution in [-0.2, 0) is 9.22 Å². The third kappa shape index (κ3) is 5.44. The smallest absolute Gasteiger partial charge is 0.159 e. The Kier molecular flexibility index (Phi) is 8.54. The lowest BCUT2D eigenvalue weighted by Crippen LogP contribution is -2.84. The minimum absolute atomic E-state index is 0.0904. The van der Waals surface area contributed by atoms with Crippen molar-refractivity contribution in [1.82, 2.24) is 0 Å². The molecule has 1 aromatic carbocycles. The monoisotopic (exact) mass is 512 g/mol. The fourth-order valence-electron chi connectivity index (χ4n) is 5.35. The van der Waals surface area contributed by atoms with Crippen molar-refractivity contribution in [2.45, 2.75) is 77.3 Å². The molecule has 0 radical (unpaired) electrons. The second-order valence-corrected chi connectivity index (χ2v) is 51.5. The Morgan fingerprint density at radius 2 is 1.18 bits per heavy atom. The molecule has 0 fully saturated rings. The van der Waals surface area contributed by atoms with Crippen molar-refractivity contribution in [3.05, 3.63) is 33.8 Å². The molecule has 0 heterocycles. The average molecular weight is 514 g/mol. The lowest BCUT2D eigenvalue weighted by atomic mass is 10.0. The van der Waals surface area contributed by atoms with Crippen LogP contribution in [0.3, 0.4) is 0 Å². The summed E-state index contributed by atoms with van der Waals surface area (Å²) in [6, 6.07) is 5.38. The lowest BCUT2D eigenvalue weighted by molar-refractivity contribution is -0.118. The summed E-state index contributed by atoms with van der Waals surface area (Å²) in [6.45, 7) is 21.3. The molecule has 2 unspecified atom stereocenters. The van der Waals surface area contributed by atoms with E-state index in [9.17, 15) is 4.79 Å². The first-order valence-electron chi connectivity index (χ1n) is 9.63. The molecular weight excluding hydrogens is 479 g/mol. The molecule has 1 aromatic rings. The third-order valence-electron chi connectivity index (χ3n) is 5.34. The van der Waals surface area contributed by atoms with E-state index in [1.807, 2.05) is 12.1 Å². The van der Waals surface area contributed by atoms with Gasteiger partial charge in [0.2, 0.25) is 0 Å². The van der Waals surface area contributed by atoms with Crippen LogP contribution in [0.2, 0.25) is 69.0 Å². The van der Waals surface area contributed by atoms with Gasteiger partial charge in [0.25, 0.3) is 0 Å². The summed E-state index contributed by atoms with van der Waals surface area (Å²) in [4.78, 5) is 12.3. The molecule has 0 amide bonds. The SMILES string of the molecule is CC(=O)C(Cl)C(O[Si]([Si](C)(C)C)([Si](C)(C)C)[Si](C)(C)C)c1cc(Cl)cc(Cl)c1. The van der Waals surface area contributed by atoms with Gasteiger partial charge in [-0.3, -0.25) is 4.79 Å². The van der Waals surface area contributed by atoms with Gasteiger partial charge < -0.3 is 4.43 Å². The molecule has 0 aromatic heterocycles. The molecule has 0 aliphatic rings. The van der Waals surface area contributed by atoms with Gasteiger partial charge in [-0.2, -0.15) is 0 Å². The van der Waals surface area contributed by atoms with Crippen molar-refractivity contribution in [2.24, 2.45) is 0 Å². The predicted octanol–water partition coefficient (Wildman–Crippen LogP) is 7.44. The van der Waals surface area contributed by atoms with Gasteiger partial charge in [0, 0.05) is 10.0 Å². The zero-order valence-corrected chi connectivity index (χ0v) is 25.1. The summed E-state index contributed by atoms with van der Waals surface area (Å²) in [7, 11) is -5.12. The quantitative estimate of drug-likeness (QED) is 0.266. The Bertz CT molecular complexity index is 665. The van der Waals surface area contributed by atoms with Crippen LogP contribution >= 0.6 is 34.8 Å². The molecule has 1 rings (SSSR count). The molecule has 0 spiro atoms. The number of hydrogen-bond acceptors (Lipinski definition) is 2. The number of halogens is 3. The first kappa shape index (κ1) is 26.6. The van der Waals surface area contributed by atoms with Crippen molar-refractivity contribution >= 4 is 70.2 Å². The van der Waals surface area contributed by atoms with Gasteiger partial charge >= 0.3 is 0 Å². The second-order valence-electron chi connectivity index (χ2n) is 10.7. The molecule has 0 bridgehead atoms. The maximum absolute atomic E-state index is 12.3. The Morgan fingerprint density at radius 1 is 0.821 bits per heavy atom. The number of Topliss-reactive ketones (excluding diaryl/α,β-unsaturated/α-hetero) is 1. The largest absolute Gasteiger partial charge is 0.417 e. The summed E-state index contributed by atoms with van der Waals surface area (Å²) >= 11 is 19.3. The topological polar surface area (TPSA) is 26.3 Å². The van der Waals surface area contributed by atoms with E-state index in [1.165, 1.54) is 6.92 Å². The summed E-state index contributed by atoms with van der Waals surface area (Å²) in [5, 5.41) is 0.306. The minimum atomic E-state index is -2.20. The fourth-order valence-corrected chi connectivity index (χ4v) is 100.0. The van der Waals surface area contributed by atoms with Gasteiger partial charge in [0.15, 0.2) is 12.7 Å². The molecule has 0 N–H and O–H groups in total. The third-order valence-corrected chi connectivity index (χ3v) is 73.8. The number of benzene rings is 1. The first-order chi connectivity index (χ1) is 12.3. The van der Waals surface area contributed by atoms with E-state index in [4.69, 9.17) is 39.2 Å². The molecule has 9 heteroatoms. The van der Waals surface area contributed by atoms with Crippen LogP contribution in [0, 0.1) is 0 Å². The van der Waals surface area contributed by atoms with Crippen LogP contribution in [-0.4, -0.2) is 40.8 Å². The standard InChI is InChI=1S/C19H35Cl3O2Si4/c1-14(23)18(22)19(15-11-16(20)13-17(21)12-15)24-28(25(2,3)4,26(5,6)7)27(8,9)10/h11-13,18-19H,1-10H3. The minimum Gasteiger partial charge on any atom is -0.417 e. The van der Waals surface area contributed by atoms with E-state index in [2.05, 4.69) is 58.9 Å². The van der Waals surface area contributed by atoms with E-state index in [-0.39, 0.29) is 5.78 Å². The number of rotatable bonds is 8. The highest BCUT2D eigenvalue weighted by Gasteiger charge is 2.65. The maximum Gasteiger partial charge on any atom is 0.159 e. The number of alkyl halides is 1. The van der Waals surface area contributed by atoms with Gasteiger partial charge in [0.1, 0.15) is 5.38 Å². The van der Waals surface area contributed by atoms with Crippen molar-refractivity contribution in [2.75, 3.05) is 0 Å². The molecule has 2 atom stereocenters. The normalized spacial score (nSPS) is 16.0. The lowest BCUT2D eigenvalue weighted by Gasteiger charge is -2.57.